The Hall–Kier alpha value is -2.44. The summed E-state index contributed by atoms with van der Waals surface area (Å²) in [6, 6.07) is 0. The number of rotatable bonds is 2. The van der Waals surface area contributed by atoms with Crippen molar-refractivity contribution in [2.75, 3.05) is 6.67 Å². The Bertz CT molecular complexity index is 1050. The van der Waals surface area contributed by atoms with Gasteiger partial charge in [-0.25, -0.2) is 0 Å². The van der Waals surface area contributed by atoms with Gasteiger partial charge in [0, 0.05) is 0 Å². The molecule has 280 valence electrons. The number of alkyl halides is 1. The quantitative estimate of drug-likeness (QED) is 0.233. The van der Waals surface area contributed by atoms with Crippen LogP contribution in [-0.4, -0.2) is 18.3 Å². The largest absolute Gasteiger partial charge is 0.483 e. The molecule has 6 aliphatic carbocycles. The summed E-state index contributed by atoms with van der Waals surface area (Å²) in [6.45, 7) is 24.9. The second-order valence-electron chi connectivity index (χ2n) is 15.4. The van der Waals surface area contributed by atoms with Gasteiger partial charge in [0.1, 0.15) is 0 Å². The first kappa shape index (κ1) is 48.7. The van der Waals surface area contributed by atoms with Crippen molar-refractivity contribution in [1.82, 2.24) is 0 Å². The summed E-state index contributed by atoms with van der Waals surface area (Å²) in [5, 5.41) is 6.89. The molecule has 0 aliphatic heterocycles. The molecule has 0 aromatic rings. The van der Waals surface area contributed by atoms with Gasteiger partial charge < -0.3 is 5.11 Å². The molecule has 0 aromatic heterocycles. The predicted octanol–water partition coefficient (Wildman–Crippen LogP) is 13.2. The molecule has 9 atom stereocenters. The Labute approximate surface area is 305 Å². The van der Waals surface area contributed by atoms with Gasteiger partial charge in [0.05, 0.1) is 6.67 Å². The van der Waals surface area contributed by atoms with Crippen LogP contribution >= 0.6 is 0 Å². The van der Waals surface area contributed by atoms with Crippen LogP contribution in [0.1, 0.15) is 160 Å². The molecule has 6 aliphatic rings. The second-order valence-corrected chi connectivity index (χ2v) is 15.4. The lowest BCUT2D eigenvalue weighted by molar-refractivity contribution is -0.179. The summed E-state index contributed by atoms with van der Waals surface area (Å²) in [6.07, 6.45) is 46.9. The van der Waals surface area contributed by atoms with Crippen LogP contribution in [0, 0.1) is 95.7 Å². The zero-order chi connectivity index (χ0) is 38.6. The average molecular weight is 681 g/mol. The summed E-state index contributed by atoms with van der Waals surface area (Å²) < 4.78 is 13.2. The molecule has 2 nitrogen and oxygen atoms in total. The molecule has 0 amide bonds. The molecule has 0 aromatic carbocycles. The highest BCUT2D eigenvalue weighted by Gasteiger charge is 2.64. The lowest BCUT2D eigenvalue weighted by atomic mass is 9.36. The zero-order valence-corrected chi connectivity index (χ0v) is 33.8. The van der Waals surface area contributed by atoms with E-state index >= 15 is 0 Å². The Balaban J connectivity index is 0. The Kier molecular flexibility index (Phi) is 23.0. The molecule has 0 bridgehead atoms. The van der Waals surface area contributed by atoms with E-state index in [1.165, 1.54) is 64.2 Å². The monoisotopic (exact) mass is 681 g/mol. The SMILES string of the molecule is C#C.C#C.C#C.CC.CC.CC.CC1(C)C(C2=CCC(CF)CC2)=CC[C@@]2(C)C1CC[C@@]1(C)C3CC[C@@]4(C)CCCC4[C@H]3CCC12.O=CO. The summed E-state index contributed by atoms with van der Waals surface area (Å²) >= 11 is 0. The van der Waals surface area contributed by atoms with E-state index in [9.17, 15) is 4.39 Å². The number of carboxylic acid groups (broad SMARTS) is 1. The fourth-order valence-electron chi connectivity index (χ4n) is 12.0. The molecule has 0 saturated heterocycles. The van der Waals surface area contributed by atoms with Crippen LogP contribution in [0.25, 0.3) is 0 Å². The van der Waals surface area contributed by atoms with E-state index < -0.39 is 0 Å². The van der Waals surface area contributed by atoms with Crippen LogP contribution in [0.4, 0.5) is 4.39 Å². The van der Waals surface area contributed by atoms with Gasteiger partial charge >= 0.3 is 0 Å². The van der Waals surface area contributed by atoms with Gasteiger partial charge in [0.25, 0.3) is 6.47 Å². The third-order valence-corrected chi connectivity index (χ3v) is 13.6. The highest BCUT2D eigenvalue weighted by Crippen LogP contribution is 2.73. The number of hydrogen-bond acceptors (Lipinski definition) is 1. The normalized spacial score (nSPS) is 36.8. The number of allylic oxidation sites excluding steroid dienone is 4. The minimum absolute atomic E-state index is 0.144. The van der Waals surface area contributed by atoms with Crippen LogP contribution < -0.4 is 0 Å². The van der Waals surface area contributed by atoms with E-state index in [1.54, 1.807) is 11.1 Å². The molecular weight excluding hydrogens is 604 g/mol. The average Bonchev–Trinajstić information content (AvgIpc) is 3.55. The van der Waals surface area contributed by atoms with Crippen LogP contribution in [-0.2, 0) is 4.79 Å². The number of fused-ring (bicyclic) bond motifs is 7. The molecular formula is C46H77FO2. The van der Waals surface area contributed by atoms with E-state index in [0.29, 0.717) is 16.2 Å². The molecule has 0 spiro atoms. The zero-order valence-electron chi connectivity index (χ0n) is 33.8. The highest BCUT2D eigenvalue weighted by atomic mass is 19.1. The molecule has 4 fully saturated rings. The van der Waals surface area contributed by atoms with Crippen LogP contribution in [0.15, 0.2) is 23.3 Å². The standard InChI is InChI=1S/C33H51F.3C2H6.3C2H2.CH2O2/c1-30(2)25(23-10-8-22(21-34)9-11-23)15-19-33(5)28(30)16-20-32(4)27-14-18-31(3)17-6-7-26(31)24(27)12-13-29(32)33;6*1-2;2-1-3/h10,15,22,24,26-29H,6-9,11-14,16-21H2,1-5H3;3*1-2H3;3*1-2H;1H,(H,2,3)/t22?,24-,26?,27?,28?,29?,31-,32+,33+;;;;;;;/m1......./s1. The van der Waals surface area contributed by atoms with Crippen molar-refractivity contribution in [2.45, 2.75) is 160 Å². The molecule has 0 radical (unpaired) electrons. The minimum Gasteiger partial charge on any atom is -0.483 e. The Morgan fingerprint density at radius 1 is 0.735 bits per heavy atom. The molecule has 3 heteroatoms. The summed E-state index contributed by atoms with van der Waals surface area (Å²) in [5.41, 5.74) is 5.13. The van der Waals surface area contributed by atoms with Gasteiger partial charge in [0.2, 0.25) is 0 Å². The molecule has 5 unspecified atom stereocenters. The second kappa shape index (κ2) is 23.1. The maximum atomic E-state index is 13.2. The van der Waals surface area contributed by atoms with Gasteiger partial charge in [-0.05, 0) is 145 Å². The van der Waals surface area contributed by atoms with Crippen LogP contribution in [0.5, 0.6) is 0 Å². The van der Waals surface area contributed by atoms with Crippen molar-refractivity contribution < 1.29 is 14.3 Å². The highest BCUT2D eigenvalue weighted by molar-refractivity contribution is 5.41. The van der Waals surface area contributed by atoms with Crippen LogP contribution in [0.2, 0.25) is 0 Å². The third-order valence-electron chi connectivity index (χ3n) is 13.6. The summed E-state index contributed by atoms with van der Waals surface area (Å²) in [4.78, 5) is 8.36. The molecule has 6 rings (SSSR count). The minimum atomic E-state index is -0.250. The van der Waals surface area contributed by atoms with Gasteiger partial charge in [-0.1, -0.05) is 94.7 Å². The Morgan fingerprint density at radius 3 is 1.82 bits per heavy atom. The van der Waals surface area contributed by atoms with Crippen molar-refractivity contribution in [3.8, 4) is 38.5 Å². The number of terminal acetylenes is 3. The fourth-order valence-corrected chi connectivity index (χ4v) is 12.0. The summed E-state index contributed by atoms with van der Waals surface area (Å²) in [7, 11) is 0. The van der Waals surface area contributed by atoms with Crippen molar-refractivity contribution in [3.63, 3.8) is 0 Å². The van der Waals surface area contributed by atoms with Crippen molar-refractivity contribution in [2.24, 2.45) is 57.2 Å². The lowest BCUT2D eigenvalue weighted by Crippen LogP contribution is -2.61. The number of hydrogen-bond donors (Lipinski definition) is 1. The van der Waals surface area contributed by atoms with Gasteiger partial charge in [0.15, 0.2) is 0 Å². The van der Waals surface area contributed by atoms with E-state index in [1.807, 2.05) is 41.5 Å². The first-order valence-electron chi connectivity index (χ1n) is 19.6. The first-order chi connectivity index (χ1) is 23.5. The molecule has 1 N–H and O–H groups in total. The Morgan fingerprint density at radius 2 is 1.31 bits per heavy atom. The van der Waals surface area contributed by atoms with E-state index in [4.69, 9.17) is 9.90 Å². The van der Waals surface area contributed by atoms with Gasteiger partial charge in [-0.2, -0.15) is 0 Å². The van der Waals surface area contributed by atoms with Gasteiger partial charge in [-0.15, -0.1) is 38.5 Å². The maximum absolute atomic E-state index is 13.2. The first-order valence-corrected chi connectivity index (χ1v) is 19.6. The molecule has 4 saturated carbocycles. The van der Waals surface area contributed by atoms with Crippen LogP contribution in [0.3, 0.4) is 0 Å². The maximum Gasteiger partial charge on any atom is 0.290 e. The van der Waals surface area contributed by atoms with Crippen molar-refractivity contribution in [1.29, 1.82) is 0 Å². The smallest absolute Gasteiger partial charge is 0.290 e. The van der Waals surface area contributed by atoms with E-state index in [-0.39, 0.29) is 24.5 Å². The number of halogens is 1. The van der Waals surface area contributed by atoms with Crippen molar-refractivity contribution in [3.05, 3.63) is 23.3 Å². The molecule has 49 heavy (non-hydrogen) atoms. The topological polar surface area (TPSA) is 37.3 Å². The third kappa shape index (κ3) is 9.88. The number of carbonyl (C=O) groups is 1. The van der Waals surface area contributed by atoms with E-state index in [2.05, 4.69) is 85.3 Å². The fraction of sp³-hybridized carbons (Fsp3) is 0.761. The van der Waals surface area contributed by atoms with Crippen molar-refractivity contribution >= 4 is 6.47 Å². The van der Waals surface area contributed by atoms with Gasteiger partial charge in [-0.3, -0.25) is 9.18 Å². The summed E-state index contributed by atoms with van der Waals surface area (Å²) in [5.74, 6) is 4.96. The lowest BCUT2D eigenvalue weighted by Gasteiger charge is -2.68. The van der Waals surface area contributed by atoms with E-state index in [0.717, 1.165) is 48.9 Å². The molecule has 0 heterocycles. The predicted molar refractivity (Wildman–Crippen MR) is 214 cm³/mol.